The first-order valence-corrected chi connectivity index (χ1v) is 8.57. The van der Waals surface area contributed by atoms with Crippen LogP contribution in [0.1, 0.15) is 64.6 Å². The first-order chi connectivity index (χ1) is 10.2. The highest BCUT2D eigenvalue weighted by atomic mass is 15.1. The summed E-state index contributed by atoms with van der Waals surface area (Å²) in [5.74, 6) is 0.955. The van der Waals surface area contributed by atoms with Gasteiger partial charge in [0, 0.05) is 19.1 Å². The monoisotopic (exact) mass is 289 g/mol. The van der Waals surface area contributed by atoms with Crippen LogP contribution in [0.4, 0.5) is 5.69 Å². The van der Waals surface area contributed by atoms with Gasteiger partial charge in [-0.2, -0.15) is 0 Å². The van der Waals surface area contributed by atoms with Crippen molar-refractivity contribution in [3.05, 3.63) is 24.0 Å². The smallest absolute Gasteiger partial charge is 0.0572 e. The molecule has 1 heterocycles. The Hall–Kier alpha value is -1.09. The number of hydrogen-bond acceptors (Lipinski definition) is 3. The highest BCUT2D eigenvalue weighted by Crippen LogP contribution is 2.31. The molecule has 1 aromatic heterocycles. The minimum Gasteiger partial charge on any atom is -0.370 e. The van der Waals surface area contributed by atoms with Crippen molar-refractivity contribution in [2.24, 2.45) is 5.92 Å². The molecule has 118 valence electrons. The Morgan fingerprint density at radius 1 is 1.24 bits per heavy atom. The molecule has 1 fully saturated rings. The molecule has 0 spiro atoms. The predicted molar refractivity (Wildman–Crippen MR) is 90.8 cm³/mol. The van der Waals surface area contributed by atoms with Crippen LogP contribution in [0, 0.1) is 5.92 Å². The lowest BCUT2D eigenvalue weighted by Gasteiger charge is -2.35. The fourth-order valence-corrected chi connectivity index (χ4v) is 3.42. The van der Waals surface area contributed by atoms with Crippen LogP contribution in [0.5, 0.6) is 0 Å². The fraction of sp³-hybridized carbons (Fsp3) is 0.722. The molecule has 0 aliphatic heterocycles. The van der Waals surface area contributed by atoms with Crippen LogP contribution in [0.25, 0.3) is 0 Å². The van der Waals surface area contributed by atoms with Gasteiger partial charge in [0.15, 0.2) is 0 Å². The van der Waals surface area contributed by atoms with Crippen LogP contribution in [-0.4, -0.2) is 24.6 Å². The molecule has 1 aromatic rings. The second-order valence-corrected chi connectivity index (χ2v) is 6.41. The van der Waals surface area contributed by atoms with Crippen LogP contribution < -0.4 is 10.2 Å². The van der Waals surface area contributed by atoms with Gasteiger partial charge in [-0.25, -0.2) is 0 Å². The zero-order valence-corrected chi connectivity index (χ0v) is 14.1. The normalized spacial score (nSPS) is 23.8. The van der Waals surface area contributed by atoms with E-state index in [1.165, 1.54) is 37.8 Å². The molecule has 1 saturated carbocycles. The molecule has 0 saturated heterocycles. The van der Waals surface area contributed by atoms with Crippen LogP contribution in [-0.2, 0) is 0 Å². The number of hydrogen-bond donors (Lipinski definition) is 1. The maximum atomic E-state index is 4.64. The van der Waals surface area contributed by atoms with Crippen LogP contribution >= 0.6 is 0 Å². The van der Waals surface area contributed by atoms with E-state index >= 15 is 0 Å². The van der Waals surface area contributed by atoms with Gasteiger partial charge in [-0.15, -0.1) is 0 Å². The molecule has 0 aromatic carbocycles. The lowest BCUT2D eigenvalue weighted by molar-refractivity contribution is 0.313. The van der Waals surface area contributed by atoms with Gasteiger partial charge in [-0.05, 0) is 57.2 Å². The molecule has 1 aliphatic rings. The summed E-state index contributed by atoms with van der Waals surface area (Å²) >= 11 is 0. The van der Waals surface area contributed by atoms with Gasteiger partial charge in [0.1, 0.15) is 0 Å². The van der Waals surface area contributed by atoms with Crippen molar-refractivity contribution in [1.82, 2.24) is 10.3 Å². The van der Waals surface area contributed by atoms with E-state index in [0.29, 0.717) is 12.1 Å². The third-order valence-corrected chi connectivity index (χ3v) is 5.07. The lowest BCUT2D eigenvalue weighted by atomic mass is 9.84. The number of nitrogens with zero attached hydrogens (tertiary/aromatic N) is 2. The van der Waals surface area contributed by atoms with E-state index in [9.17, 15) is 0 Å². The van der Waals surface area contributed by atoms with Gasteiger partial charge in [0.05, 0.1) is 17.6 Å². The molecule has 1 unspecified atom stereocenters. The van der Waals surface area contributed by atoms with Gasteiger partial charge in [-0.1, -0.05) is 20.3 Å². The topological polar surface area (TPSA) is 28.2 Å². The quantitative estimate of drug-likeness (QED) is 0.852. The summed E-state index contributed by atoms with van der Waals surface area (Å²) in [6, 6.07) is 5.40. The van der Waals surface area contributed by atoms with E-state index in [1.54, 1.807) is 0 Å². The average Bonchev–Trinajstić information content (AvgIpc) is 2.54. The third-order valence-electron chi connectivity index (χ3n) is 5.07. The summed E-state index contributed by atoms with van der Waals surface area (Å²) in [4.78, 5) is 7.07. The van der Waals surface area contributed by atoms with Crippen molar-refractivity contribution in [1.29, 1.82) is 0 Å². The Morgan fingerprint density at radius 2 is 1.95 bits per heavy atom. The Kier molecular flexibility index (Phi) is 6.04. The first-order valence-electron chi connectivity index (χ1n) is 8.57. The van der Waals surface area contributed by atoms with Crippen molar-refractivity contribution in [2.45, 2.75) is 65.0 Å². The van der Waals surface area contributed by atoms with E-state index in [-0.39, 0.29) is 0 Å². The third kappa shape index (κ3) is 4.19. The van der Waals surface area contributed by atoms with Crippen LogP contribution in [0.2, 0.25) is 0 Å². The summed E-state index contributed by atoms with van der Waals surface area (Å²) in [6.07, 6.45) is 8.79. The molecule has 2 rings (SSSR count). The van der Waals surface area contributed by atoms with Gasteiger partial charge in [-0.3, -0.25) is 4.98 Å². The maximum Gasteiger partial charge on any atom is 0.0572 e. The molecule has 0 bridgehead atoms. The number of pyridine rings is 1. The zero-order valence-electron chi connectivity index (χ0n) is 14.1. The van der Waals surface area contributed by atoms with Gasteiger partial charge in [0.2, 0.25) is 0 Å². The number of anilines is 1. The average molecular weight is 289 g/mol. The second kappa shape index (κ2) is 7.79. The summed E-state index contributed by atoms with van der Waals surface area (Å²) < 4.78 is 0. The van der Waals surface area contributed by atoms with Crippen LogP contribution in [0.15, 0.2) is 18.3 Å². The van der Waals surface area contributed by atoms with Crippen molar-refractivity contribution < 1.29 is 0 Å². The molecule has 1 N–H and O–H groups in total. The van der Waals surface area contributed by atoms with E-state index < -0.39 is 0 Å². The molecule has 0 radical (unpaired) electrons. The highest BCUT2D eigenvalue weighted by Gasteiger charge is 2.23. The first kappa shape index (κ1) is 16.3. The Bertz CT molecular complexity index is 407. The minimum absolute atomic E-state index is 0.328. The summed E-state index contributed by atoms with van der Waals surface area (Å²) in [5, 5.41) is 3.41. The molecule has 21 heavy (non-hydrogen) atoms. The molecule has 0 amide bonds. The SMILES string of the molecule is CCNC(C)c1ccc(N(C)C2CCC(CC)CC2)cn1. The van der Waals surface area contributed by atoms with Crippen molar-refractivity contribution in [3.63, 3.8) is 0 Å². The summed E-state index contributed by atoms with van der Waals surface area (Å²) in [5.41, 5.74) is 2.38. The maximum absolute atomic E-state index is 4.64. The van der Waals surface area contributed by atoms with E-state index in [1.807, 2.05) is 6.20 Å². The zero-order chi connectivity index (χ0) is 15.2. The molecule has 3 heteroatoms. The van der Waals surface area contributed by atoms with Crippen molar-refractivity contribution >= 4 is 5.69 Å². The van der Waals surface area contributed by atoms with Crippen molar-refractivity contribution in [2.75, 3.05) is 18.5 Å². The number of aromatic nitrogens is 1. The summed E-state index contributed by atoms with van der Waals surface area (Å²) in [6.45, 7) is 7.60. The fourth-order valence-electron chi connectivity index (χ4n) is 3.42. The van der Waals surface area contributed by atoms with E-state index in [2.05, 4.69) is 55.2 Å². The minimum atomic E-state index is 0.328. The number of nitrogens with one attached hydrogen (secondary N) is 1. The molecular weight excluding hydrogens is 258 g/mol. The lowest BCUT2D eigenvalue weighted by Crippen LogP contribution is -2.35. The molecule has 1 aliphatic carbocycles. The molecule has 3 nitrogen and oxygen atoms in total. The van der Waals surface area contributed by atoms with Gasteiger partial charge in [0.25, 0.3) is 0 Å². The largest absolute Gasteiger partial charge is 0.370 e. The van der Waals surface area contributed by atoms with Crippen LogP contribution in [0.3, 0.4) is 0 Å². The number of rotatable bonds is 6. The van der Waals surface area contributed by atoms with E-state index in [4.69, 9.17) is 0 Å². The van der Waals surface area contributed by atoms with Crippen molar-refractivity contribution in [3.8, 4) is 0 Å². The Balaban J connectivity index is 1.95. The Labute approximate surface area is 130 Å². The van der Waals surface area contributed by atoms with E-state index in [0.717, 1.165) is 18.2 Å². The molecule has 1 atom stereocenters. The Morgan fingerprint density at radius 3 is 2.48 bits per heavy atom. The predicted octanol–water partition coefficient (Wildman–Crippen LogP) is 4.16. The molecular formula is C18H31N3. The van der Waals surface area contributed by atoms with Gasteiger partial charge < -0.3 is 10.2 Å². The van der Waals surface area contributed by atoms with Gasteiger partial charge >= 0.3 is 0 Å². The standard InChI is InChI=1S/C18H31N3/c1-5-15-7-9-16(10-8-15)21(4)17-11-12-18(20-13-17)14(3)19-6-2/h11-16,19H,5-10H2,1-4H3. The second-order valence-electron chi connectivity index (χ2n) is 6.41. The highest BCUT2D eigenvalue weighted by molar-refractivity contribution is 5.45. The summed E-state index contributed by atoms with van der Waals surface area (Å²) in [7, 11) is 2.22.